The van der Waals surface area contributed by atoms with Gasteiger partial charge < -0.3 is 4.42 Å². The first-order chi connectivity index (χ1) is 9.84. The summed E-state index contributed by atoms with van der Waals surface area (Å²) >= 11 is 1.72. The zero-order valence-electron chi connectivity index (χ0n) is 11.3. The van der Waals surface area contributed by atoms with Crippen LogP contribution < -0.4 is 5.32 Å². The number of thiophene rings is 1. The van der Waals surface area contributed by atoms with Gasteiger partial charge in [-0.2, -0.15) is 11.3 Å². The van der Waals surface area contributed by atoms with E-state index in [1.165, 1.54) is 11.1 Å². The second kappa shape index (κ2) is 6.07. The predicted octanol–water partition coefficient (Wildman–Crippen LogP) is 4.78. The summed E-state index contributed by atoms with van der Waals surface area (Å²) in [6, 6.07) is 16.9. The van der Waals surface area contributed by atoms with Gasteiger partial charge in [-0.25, -0.2) is 0 Å². The summed E-state index contributed by atoms with van der Waals surface area (Å²) in [6.45, 7) is 2.18. The van der Waals surface area contributed by atoms with Crippen molar-refractivity contribution in [3.63, 3.8) is 0 Å². The SMILES string of the molecule is CC(NC(c1ccccc1)c1ccco1)c1ccsc1. The van der Waals surface area contributed by atoms with E-state index in [9.17, 15) is 0 Å². The lowest BCUT2D eigenvalue weighted by atomic mass is 10.0. The first-order valence-corrected chi connectivity index (χ1v) is 7.65. The van der Waals surface area contributed by atoms with E-state index in [1.807, 2.05) is 18.2 Å². The van der Waals surface area contributed by atoms with Crippen molar-refractivity contribution in [3.8, 4) is 0 Å². The van der Waals surface area contributed by atoms with Gasteiger partial charge in [-0.15, -0.1) is 0 Å². The zero-order valence-corrected chi connectivity index (χ0v) is 12.1. The third-order valence-corrected chi connectivity index (χ3v) is 4.12. The number of furan rings is 1. The molecule has 2 aromatic heterocycles. The highest BCUT2D eigenvalue weighted by Gasteiger charge is 2.19. The molecule has 0 aliphatic carbocycles. The lowest BCUT2D eigenvalue weighted by molar-refractivity contribution is 0.419. The van der Waals surface area contributed by atoms with Gasteiger partial charge in [-0.05, 0) is 47.0 Å². The molecule has 102 valence electrons. The fourth-order valence-electron chi connectivity index (χ4n) is 2.31. The molecule has 0 spiro atoms. The van der Waals surface area contributed by atoms with Gasteiger partial charge in [0.2, 0.25) is 0 Å². The van der Waals surface area contributed by atoms with Gasteiger partial charge in [0.05, 0.1) is 12.3 Å². The number of nitrogens with one attached hydrogen (secondary N) is 1. The van der Waals surface area contributed by atoms with Crippen LogP contribution >= 0.6 is 11.3 Å². The molecule has 0 radical (unpaired) electrons. The van der Waals surface area contributed by atoms with Crippen LogP contribution in [0.4, 0.5) is 0 Å². The summed E-state index contributed by atoms with van der Waals surface area (Å²) < 4.78 is 5.61. The van der Waals surface area contributed by atoms with E-state index in [-0.39, 0.29) is 12.1 Å². The van der Waals surface area contributed by atoms with Crippen molar-refractivity contribution in [1.82, 2.24) is 5.32 Å². The molecule has 0 fully saturated rings. The van der Waals surface area contributed by atoms with E-state index >= 15 is 0 Å². The fourth-order valence-corrected chi connectivity index (χ4v) is 3.07. The van der Waals surface area contributed by atoms with Crippen LogP contribution in [0.2, 0.25) is 0 Å². The Kier molecular flexibility index (Phi) is 4.00. The van der Waals surface area contributed by atoms with Crippen molar-refractivity contribution in [1.29, 1.82) is 0 Å². The number of hydrogen-bond acceptors (Lipinski definition) is 3. The van der Waals surface area contributed by atoms with Crippen molar-refractivity contribution in [2.75, 3.05) is 0 Å². The second-order valence-corrected chi connectivity index (χ2v) is 5.58. The first kappa shape index (κ1) is 13.2. The molecule has 20 heavy (non-hydrogen) atoms. The van der Waals surface area contributed by atoms with Crippen molar-refractivity contribution < 1.29 is 4.42 Å². The van der Waals surface area contributed by atoms with Crippen LogP contribution in [0.15, 0.2) is 70.0 Å². The quantitative estimate of drug-likeness (QED) is 0.729. The fraction of sp³-hybridized carbons (Fsp3) is 0.176. The first-order valence-electron chi connectivity index (χ1n) is 6.71. The minimum Gasteiger partial charge on any atom is -0.467 e. The topological polar surface area (TPSA) is 25.2 Å². The van der Waals surface area contributed by atoms with E-state index in [1.54, 1.807) is 17.6 Å². The molecule has 3 rings (SSSR count). The van der Waals surface area contributed by atoms with Crippen molar-refractivity contribution in [2.45, 2.75) is 19.0 Å². The van der Waals surface area contributed by atoms with Gasteiger partial charge in [0, 0.05) is 6.04 Å². The monoisotopic (exact) mass is 283 g/mol. The Bertz CT molecular complexity index is 616. The van der Waals surface area contributed by atoms with Crippen LogP contribution in [0, 0.1) is 0 Å². The standard InChI is InChI=1S/C17H17NOS/c1-13(15-9-11-20-12-15)18-17(16-8-5-10-19-16)14-6-3-2-4-7-14/h2-13,17-18H,1H3. The lowest BCUT2D eigenvalue weighted by Crippen LogP contribution is -2.25. The van der Waals surface area contributed by atoms with Gasteiger partial charge in [-0.1, -0.05) is 30.3 Å². The third-order valence-electron chi connectivity index (χ3n) is 3.42. The molecule has 0 aliphatic rings. The molecule has 0 saturated carbocycles. The molecule has 0 aliphatic heterocycles. The molecule has 2 heterocycles. The van der Waals surface area contributed by atoms with Gasteiger partial charge in [-0.3, -0.25) is 5.32 Å². The van der Waals surface area contributed by atoms with Gasteiger partial charge in [0.25, 0.3) is 0 Å². The van der Waals surface area contributed by atoms with Crippen LogP contribution in [0.1, 0.15) is 35.9 Å². The summed E-state index contributed by atoms with van der Waals surface area (Å²) in [4.78, 5) is 0. The van der Waals surface area contributed by atoms with E-state index in [2.05, 4.69) is 53.3 Å². The predicted molar refractivity (Wildman–Crippen MR) is 82.9 cm³/mol. The summed E-state index contributed by atoms with van der Waals surface area (Å²) in [5, 5.41) is 7.94. The van der Waals surface area contributed by atoms with Crippen LogP contribution in [0.25, 0.3) is 0 Å². The Morgan fingerprint density at radius 2 is 1.85 bits per heavy atom. The molecule has 1 N–H and O–H groups in total. The Hall–Kier alpha value is -1.84. The number of rotatable bonds is 5. The molecule has 2 atom stereocenters. The van der Waals surface area contributed by atoms with Gasteiger partial charge in [0.15, 0.2) is 0 Å². The summed E-state index contributed by atoms with van der Waals surface area (Å²) in [5.41, 5.74) is 2.52. The number of hydrogen-bond donors (Lipinski definition) is 1. The molecule has 1 aromatic carbocycles. The average Bonchev–Trinajstić information content (AvgIpc) is 3.18. The maximum atomic E-state index is 5.61. The Morgan fingerprint density at radius 3 is 2.50 bits per heavy atom. The van der Waals surface area contributed by atoms with E-state index in [4.69, 9.17) is 4.42 Å². The highest BCUT2D eigenvalue weighted by atomic mass is 32.1. The van der Waals surface area contributed by atoms with Crippen molar-refractivity contribution in [3.05, 3.63) is 82.4 Å². The largest absolute Gasteiger partial charge is 0.467 e. The van der Waals surface area contributed by atoms with Crippen molar-refractivity contribution >= 4 is 11.3 Å². The zero-order chi connectivity index (χ0) is 13.8. The number of benzene rings is 1. The molecule has 0 bridgehead atoms. The van der Waals surface area contributed by atoms with Gasteiger partial charge in [0.1, 0.15) is 5.76 Å². The molecular weight excluding hydrogens is 266 g/mol. The van der Waals surface area contributed by atoms with Gasteiger partial charge >= 0.3 is 0 Å². The summed E-state index contributed by atoms with van der Waals surface area (Å²) in [6.07, 6.45) is 1.72. The minimum absolute atomic E-state index is 0.0705. The van der Waals surface area contributed by atoms with Crippen molar-refractivity contribution in [2.24, 2.45) is 0 Å². The van der Waals surface area contributed by atoms with Crippen LogP contribution in [-0.4, -0.2) is 0 Å². The Morgan fingerprint density at radius 1 is 1.00 bits per heavy atom. The summed E-state index contributed by atoms with van der Waals surface area (Å²) in [7, 11) is 0. The van der Waals surface area contributed by atoms with Crippen LogP contribution in [-0.2, 0) is 0 Å². The highest BCUT2D eigenvalue weighted by molar-refractivity contribution is 7.07. The molecule has 0 saturated heterocycles. The second-order valence-electron chi connectivity index (χ2n) is 4.80. The highest BCUT2D eigenvalue weighted by Crippen LogP contribution is 2.26. The lowest BCUT2D eigenvalue weighted by Gasteiger charge is -2.22. The van der Waals surface area contributed by atoms with E-state index in [0.717, 1.165) is 5.76 Å². The molecule has 0 amide bonds. The normalized spacial score (nSPS) is 14.1. The Labute approximate surface area is 123 Å². The van der Waals surface area contributed by atoms with Crippen LogP contribution in [0.5, 0.6) is 0 Å². The molecule has 2 nitrogen and oxygen atoms in total. The maximum absolute atomic E-state index is 5.61. The average molecular weight is 283 g/mol. The Balaban J connectivity index is 1.87. The smallest absolute Gasteiger partial charge is 0.125 e. The maximum Gasteiger partial charge on any atom is 0.125 e. The molecule has 3 aromatic rings. The van der Waals surface area contributed by atoms with E-state index in [0.29, 0.717) is 0 Å². The molecule has 3 heteroatoms. The summed E-state index contributed by atoms with van der Waals surface area (Å²) in [5.74, 6) is 0.943. The minimum atomic E-state index is 0.0705. The van der Waals surface area contributed by atoms with E-state index < -0.39 is 0 Å². The molecule has 2 unspecified atom stereocenters. The third kappa shape index (κ3) is 2.84. The molecular formula is C17H17NOS. The van der Waals surface area contributed by atoms with Crippen LogP contribution in [0.3, 0.4) is 0 Å².